The van der Waals surface area contributed by atoms with Gasteiger partial charge in [-0.25, -0.2) is 0 Å². The fraction of sp³-hybridized carbons (Fsp3) is 0.579. The van der Waals surface area contributed by atoms with Gasteiger partial charge in [0.05, 0.1) is 17.3 Å². The van der Waals surface area contributed by atoms with Gasteiger partial charge in [0.2, 0.25) is 5.91 Å². The Kier molecular flexibility index (Phi) is 18.7. The predicted molar refractivity (Wildman–Crippen MR) is 198 cm³/mol. The first-order valence-corrected chi connectivity index (χ1v) is 18.6. The van der Waals surface area contributed by atoms with E-state index >= 15 is 0 Å². The minimum absolute atomic E-state index is 0.155. The van der Waals surface area contributed by atoms with Gasteiger partial charge < -0.3 is 57.4 Å². The summed E-state index contributed by atoms with van der Waals surface area (Å²) < 4.78 is 62.8. The van der Waals surface area contributed by atoms with Crippen LogP contribution >= 0.6 is 11.6 Å². The molecule has 2 saturated heterocycles. The first-order valence-electron chi connectivity index (χ1n) is 18.2. The molecule has 1 amide bonds. The number of rotatable bonds is 18. The second kappa shape index (κ2) is 22.9. The summed E-state index contributed by atoms with van der Waals surface area (Å²) >= 11 is 6.32. The van der Waals surface area contributed by atoms with E-state index in [4.69, 9.17) is 63.7 Å². The Morgan fingerprint density at radius 2 is 1.10 bits per heavy atom. The fourth-order valence-corrected chi connectivity index (χ4v) is 6.15. The van der Waals surface area contributed by atoms with E-state index in [0.717, 1.165) is 48.5 Å². The third-order valence-corrected chi connectivity index (χ3v) is 8.51. The summed E-state index contributed by atoms with van der Waals surface area (Å²) in [6, 6.07) is 4.63. The van der Waals surface area contributed by atoms with Crippen molar-refractivity contribution in [1.29, 1.82) is 0 Å². The van der Waals surface area contributed by atoms with E-state index in [1.807, 2.05) is 0 Å². The van der Waals surface area contributed by atoms with Crippen molar-refractivity contribution < 1.29 is 90.5 Å². The van der Waals surface area contributed by atoms with Crippen LogP contribution in [0.1, 0.15) is 66.9 Å². The van der Waals surface area contributed by atoms with Gasteiger partial charge in [0.25, 0.3) is 0 Å². The lowest BCUT2D eigenvalue weighted by atomic mass is 9.96. The molecule has 0 saturated carbocycles. The summed E-state index contributed by atoms with van der Waals surface area (Å²) in [7, 11) is 0. The molecule has 1 aromatic rings. The quantitative estimate of drug-likeness (QED) is 0.126. The number of esters is 7. The molecule has 1 N–H and O–H groups in total. The van der Waals surface area contributed by atoms with Gasteiger partial charge in [0, 0.05) is 54.9 Å². The molecule has 3 rings (SSSR count). The Hall–Kier alpha value is -5.15. The highest BCUT2D eigenvalue weighted by Crippen LogP contribution is 2.36. The molecule has 59 heavy (non-hydrogen) atoms. The third kappa shape index (κ3) is 15.2. The number of nitrogens with one attached hydrogen (secondary N) is 1. The Morgan fingerprint density at radius 3 is 1.61 bits per heavy atom. The molecule has 1 aromatic carbocycles. The van der Waals surface area contributed by atoms with Crippen molar-refractivity contribution in [2.75, 3.05) is 18.5 Å². The van der Waals surface area contributed by atoms with Crippen LogP contribution in [0.4, 0.5) is 5.69 Å². The standard InChI is InChI=1S/C38H48ClNO19/c1-9-10-11-30(48)40-27-14-25(12-13-26(27)39)15-51-37-35(55-23(7)46)34(54-22(6)45)32(29(57-37)17-50-19(3)42)59-38-36(56-24(8)47)33(53-21(5)44)31(52-20(4)43)28(58-38)16-49-18(2)41/h9,12-14,28-29,31-38H,1,10-11,15-17H2,2-8H3,(H,40,48)/t28-,29-,31-,32-,33+,34+,35-,36-,37-,38-/m1/s1. The summed E-state index contributed by atoms with van der Waals surface area (Å²) in [6.45, 7) is 9.51. The lowest BCUT2D eigenvalue weighted by Crippen LogP contribution is -2.67. The smallest absolute Gasteiger partial charge is 0.303 e. The van der Waals surface area contributed by atoms with E-state index in [0.29, 0.717) is 12.0 Å². The maximum Gasteiger partial charge on any atom is 0.303 e. The van der Waals surface area contributed by atoms with E-state index in [2.05, 4.69) is 11.9 Å². The first-order chi connectivity index (χ1) is 27.8. The molecule has 0 unspecified atom stereocenters. The summed E-state index contributed by atoms with van der Waals surface area (Å²) in [5.41, 5.74) is 0.724. The van der Waals surface area contributed by atoms with Crippen LogP contribution in [0.3, 0.4) is 0 Å². The molecule has 0 aromatic heterocycles. The van der Waals surface area contributed by atoms with Crippen LogP contribution in [-0.2, 0) is 97.1 Å². The van der Waals surface area contributed by atoms with Crippen molar-refractivity contribution in [3.05, 3.63) is 41.4 Å². The van der Waals surface area contributed by atoms with Gasteiger partial charge >= 0.3 is 41.8 Å². The molecule has 2 aliphatic heterocycles. The molecule has 0 bridgehead atoms. The number of ether oxygens (including phenoxy) is 11. The van der Waals surface area contributed by atoms with Crippen molar-refractivity contribution >= 4 is 65.0 Å². The highest BCUT2D eigenvalue weighted by atomic mass is 35.5. The number of hydrogen-bond donors (Lipinski definition) is 1. The molecule has 2 aliphatic rings. The van der Waals surface area contributed by atoms with Crippen LogP contribution in [0, 0.1) is 0 Å². The molecule has 0 radical (unpaired) electrons. The van der Waals surface area contributed by atoms with Crippen molar-refractivity contribution in [2.24, 2.45) is 0 Å². The van der Waals surface area contributed by atoms with Crippen LogP contribution in [0.2, 0.25) is 5.02 Å². The molecule has 2 heterocycles. The minimum atomic E-state index is -1.84. The van der Waals surface area contributed by atoms with Crippen molar-refractivity contribution in [1.82, 2.24) is 0 Å². The van der Waals surface area contributed by atoms with E-state index in [1.165, 1.54) is 12.1 Å². The number of carbonyl (C=O) groups excluding carboxylic acids is 8. The van der Waals surface area contributed by atoms with Gasteiger partial charge in [-0.05, 0) is 24.1 Å². The van der Waals surface area contributed by atoms with Crippen LogP contribution in [0.25, 0.3) is 0 Å². The Labute approximate surface area is 344 Å². The van der Waals surface area contributed by atoms with Crippen LogP contribution < -0.4 is 5.32 Å². The maximum absolute atomic E-state index is 12.7. The number of allylic oxidation sites excluding steroid dienone is 1. The highest BCUT2D eigenvalue weighted by molar-refractivity contribution is 6.33. The summed E-state index contributed by atoms with van der Waals surface area (Å²) in [6.07, 6.45) is -14.0. The Bertz CT molecular complexity index is 1720. The molecule has 0 spiro atoms. The average Bonchev–Trinajstić information content (AvgIpc) is 3.12. The summed E-state index contributed by atoms with van der Waals surface area (Å²) in [5.74, 6) is -6.39. The zero-order valence-corrected chi connectivity index (χ0v) is 34.2. The molecule has 326 valence electrons. The Balaban J connectivity index is 2.11. The van der Waals surface area contributed by atoms with Crippen LogP contribution in [0.5, 0.6) is 0 Å². The monoisotopic (exact) mass is 857 g/mol. The van der Waals surface area contributed by atoms with Gasteiger partial charge in [-0.3, -0.25) is 38.4 Å². The predicted octanol–water partition coefficient (Wildman–Crippen LogP) is 2.38. The summed E-state index contributed by atoms with van der Waals surface area (Å²) in [4.78, 5) is 98.7. The van der Waals surface area contributed by atoms with Crippen molar-refractivity contribution in [3.8, 4) is 0 Å². The topological polar surface area (TPSA) is 250 Å². The summed E-state index contributed by atoms with van der Waals surface area (Å²) in [5, 5.41) is 2.93. The highest BCUT2D eigenvalue weighted by Gasteiger charge is 2.57. The van der Waals surface area contributed by atoms with Gasteiger partial charge in [0.15, 0.2) is 43.1 Å². The lowest BCUT2D eigenvalue weighted by molar-refractivity contribution is -0.362. The van der Waals surface area contributed by atoms with Crippen LogP contribution in [0.15, 0.2) is 30.9 Å². The van der Waals surface area contributed by atoms with Crippen molar-refractivity contribution in [3.63, 3.8) is 0 Å². The lowest BCUT2D eigenvalue weighted by Gasteiger charge is -2.48. The normalized spacial score (nSPS) is 26.2. The third-order valence-electron chi connectivity index (χ3n) is 8.18. The van der Waals surface area contributed by atoms with Crippen molar-refractivity contribution in [2.45, 2.75) is 129 Å². The Morgan fingerprint density at radius 1 is 0.644 bits per heavy atom. The zero-order chi connectivity index (χ0) is 44.0. The number of hydrogen-bond acceptors (Lipinski definition) is 19. The zero-order valence-electron chi connectivity index (χ0n) is 33.5. The molecule has 0 aliphatic carbocycles. The molecule has 21 heteroatoms. The van der Waals surface area contributed by atoms with E-state index in [1.54, 1.807) is 12.1 Å². The molecule has 10 atom stereocenters. The first kappa shape index (κ1) is 48.2. The second-order valence-corrected chi connectivity index (χ2v) is 13.6. The minimum Gasteiger partial charge on any atom is -0.463 e. The largest absolute Gasteiger partial charge is 0.463 e. The molecular formula is C38H48ClNO19. The van der Waals surface area contributed by atoms with E-state index in [-0.39, 0.29) is 29.6 Å². The number of halogens is 1. The molecule has 2 fully saturated rings. The second-order valence-electron chi connectivity index (χ2n) is 13.2. The van der Waals surface area contributed by atoms with Crippen LogP contribution in [-0.4, -0.2) is 122 Å². The number of anilines is 1. The van der Waals surface area contributed by atoms with E-state index < -0.39 is 116 Å². The number of carbonyl (C=O) groups is 8. The average molecular weight is 858 g/mol. The van der Waals surface area contributed by atoms with Gasteiger partial charge in [-0.2, -0.15) is 0 Å². The van der Waals surface area contributed by atoms with Gasteiger partial charge in [-0.1, -0.05) is 23.7 Å². The van der Waals surface area contributed by atoms with E-state index in [9.17, 15) is 38.4 Å². The SMILES string of the molecule is C=CCCC(=O)Nc1cc(CO[C@@H]2O[C@H](COC(C)=O)[C@@H](O[C@H]3O[C@H](COC(C)=O)[C@@H](OC(C)=O)[C@H](OC(C)=O)[C@H]3OC(C)=O)[C@H](OC(C)=O)[C@H]2OC(C)=O)ccc1Cl. The fourth-order valence-electron chi connectivity index (χ4n) is 5.99. The maximum atomic E-state index is 12.7. The number of amides is 1. The molecular weight excluding hydrogens is 810 g/mol. The van der Waals surface area contributed by atoms with Gasteiger partial charge in [-0.15, -0.1) is 6.58 Å². The number of benzene rings is 1. The molecule has 20 nitrogen and oxygen atoms in total. The van der Waals surface area contributed by atoms with Gasteiger partial charge in [0.1, 0.15) is 31.5 Å².